The summed E-state index contributed by atoms with van der Waals surface area (Å²) in [5.74, 6) is 0.504. The summed E-state index contributed by atoms with van der Waals surface area (Å²) < 4.78 is 10.4. The van der Waals surface area contributed by atoms with Gasteiger partial charge in [-0.25, -0.2) is 0 Å². The van der Waals surface area contributed by atoms with Crippen molar-refractivity contribution in [2.75, 3.05) is 21.3 Å². The smallest absolute Gasteiger partial charge is 0.252 e. The van der Waals surface area contributed by atoms with Gasteiger partial charge in [-0.2, -0.15) is 11.3 Å². The second-order valence-electron chi connectivity index (χ2n) is 6.62. The molecule has 1 aromatic carbocycles. The topological polar surface area (TPSA) is 67.9 Å². The first-order valence-electron chi connectivity index (χ1n) is 8.65. The number of likely N-dealkylation sites (N-methyl/N-ethyl adjacent to an activating group) is 1. The van der Waals surface area contributed by atoms with Gasteiger partial charge in [0.1, 0.15) is 17.5 Å². The van der Waals surface area contributed by atoms with Gasteiger partial charge in [0.15, 0.2) is 0 Å². The van der Waals surface area contributed by atoms with Gasteiger partial charge in [-0.3, -0.25) is 9.59 Å². The van der Waals surface area contributed by atoms with Gasteiger partial charge in [0.2, 0.25) is 5.91 Å². The first kappa shape index (κ1) is 20.8. The number of rotatable bonds is 8. The van der Waals surface area contributed by atoms with E-state index in [0.29, 0.717) is 23.6 Å². The van der Waals surface area contributed by atoms with Crippen LogP contribution in [0, 0.1) is 5.92 Å². The Bertz CT molecular complexity index is 752. The summed E-state index contributed by atoms with van der Waals surface area (Å²) in [5, 5.41) is 6.84. The predicted octanol–water partition coefficient (Wildman–Crippen LogP) is 3.18. The molecule has 0 saturated carbocycles. The SMILES string of the molecule is COc1cc(OC)cc(C(=O)NC(C(=O)N(C)Cc2ccsc2)C(C)C)c1. The van der Waals surface area contributed by atoms with Gasteiger partial charge < -0.3 is 19.7 Å². The molecule has 0 spiro atoms. The minimum Gasteiger partial charge on any atom is -0.497 e. The third-order valence-corrected chi connectivity index (χ3v) is 4.94. The highest BCUT2D eigenvalue weighted by Gasteiger charge is 2.27. The lowest BCUT2D eigenvalue weighted by molar-refractivity contribution is -0.133. The van der Waals surface area contributed by atoms with E-state index in [-0.39, 0.29) is 17.7 Å². The first-order valence-corrected chi connectivity index (χ1v) is 9.60. The molecule has 0 aliphatic carbocycles. The normalized spacial score (nSPS) is 11.8. The van der Waals surface area contributed by atoms with E-state index >= 15 is 0 Å². The van der Waals surface area contributed by atoms with E-state index in [1.54, 1.807) is 41.5 Å². The maximum atomic E-state index is 12.9. The number of thiophene rings is 1. The van der Waals surface area contributed by atoms with Crippen molar-refractivity contribution in [1.82, 2.24) is 10.2 Å². The Hall–Kier alpha value is -2.54. The molecular formula is C20H26N2O4S. The maximum Gasteiger partial charge on any atom is 0.252 e. The van der Waals surface area contributed by atoms with E-state index < -0.39 is 6.04 Å². The number of amides is 2. The molecule has 146 valence electrons. The van der Waals surface area contributed by atoms with Crippen LogP contribution in [0.25, 0.3) is 0 Å². The summed E-state index contributed by atoms with van der Waals surface area (Å²) in [6, 6.07) is 6.29. The number of carbonyl (C=O) groups excluding carboxylic acids is 2. The Kier molecular flexibility index (Phi) is 7.24. The molecule has 2 amide bonds. The highest BCUT2D eigenvalue weighted by atomic mass is 32.1. The zero-order valence-electron chi connectivity index (χ0n) is 16.3. The standard InChI is InChI=1S/C20H26N2O4S/c1-13(2)18(20(24)22(3)11-14-6-7-27-12-14)21-19(23)15-8-16(25-4)10-17(9-15)26-5/h6-10,12-13,18H,11H2,1-5H3,(H,21,23). The van der Waals surface area contributed by atoms with Crippen molar-refractivity contribution >= 4 is 23.2 Å². The molecule has 0 bridgehead atoms. The van der Waals surface area contributed by atoms with Crippen molar-refractivity contribution in [2.45, 2.75) is 26.4 Å². The van der Waals surface area contributed by atoms with Gasteiger partial charge in [-0.05, 0) is 40.4 Å². The van der Waals surface area contributed by atoms with Crippen LogP contribution >= 0.6 is 11.3 Å². The van der Waals surface area contributed by atoms with Gasteiger partial charge in [0, 0.05) is 25.2 Å². The second-order valence-corrected chi connectivity index (χ2v) is 7.40. The van der Waals surface area contributed by atoms with Crippen molar-refractivity contribution in [3.63, 3.8) is 0 Å². The fraction of sp³-hybridized carbons (Fsp3) is 0.400. The lowest BCUT2D eigenvalue weighted by Crippen LogP contribution is -2.50. The van der Waals surface area contributed by atoms with Crippen molar-refractivity contribution in [1.29, 1.82) is 0 Å². The second kappa shape index (κ2) is 9.41. The fourth-order valence-corrected chi connectivity index (χ4v) is 3.31. The van der Waals surface area contributed by atoms with Crippen LogP contribution in [0.2, 0.25) is 0 Å². The molecule has 6 nitrogen and oxygen atoms in total. The molecular weight excluding hydrogens is 364 g/mol. The summed E-state index contributed by atoms with van der Waals surface area (Å²) in [6.45, 7) is 4.33. The van der Waals surface area contributed by atoms with Crippen molar-refractivity contribution < 1.29 is 19.1 Å². The van der Waals surface area contributed by atoms with E-state index in [4.69, 9.17) is 9.47 Å². The summed E-state index contributed by atoms with van der Waals surface area (Å²) >= 11 is 1.59. The van der Waals surface area contributed by atoms with E-state index in [0.717, 1.165) is 5.56 Å². The number of hydrogen-bond acceptors (Lipinski definition) is 5. The van der Waals surface area contributed by atoms with Crippen LogP contribution in [0.5, 0.6) is 11.5 Å². The van der Waals surface area contributed by atoms with Crippen LogP contribution in [0.15, 0.2) is 35.0 Å². The average Bonchev–Trinajstić information content (AvgIpc) is 3.17. The molecule has 0 saturated heterocycles. The van der Waals surface area contributed by atoms with E-state index in [1.807, 2.05) is 30.7 Å². The van der Waals surface area contributed by atoms with Crippen molar-refractivity contribution in [2.24, 2.45) is 5.92 Å². The molecule has 0 radical (unpaired) electrons. The molecule has 0 fully saturated rings. The number of nitrogens with zero attached hydrogens (tertiary/aromatic N) is 1. The average molecular weight is 391 g/mol. The molecule has 27 heavy (non-hydrogen) atoms. The minimum absolute atomic E-state index is 0.0566. The molecule has 2 aromatic rings. The Morgan fingerprint density at radius 1 is 1.15 bits per heavy atom. The number of methoxy groups -OCH3 is 2. The Morgan fingerprint density at radius 2 is 1.78 bits per heavy atom. The maximum absolute atomic E-state index is 12.9. The lowest BCUT2D eigenvalue weighted by atomic mass is 10.0. The highest BCUT2D eigenvalue weighted by Crippen LogP contribution is 2.23. The van der Waals surface area contributed by atoms with Crippen LogP contribution < -0.4 is 14.8 Å². The summed E-state index contributed by atoms with van der Waals surface area (Å²) in [5.41, 5.74) is 1.45. The third kappa shape index (κ3) is 5.47. The molecule has 1 unspecified atom stereocenters. The van der Waals surface area contributed by atoms with Gasteiger partial charge in [0.25, 0.3) is 5.91 Å². The van der Waals surface area contributed by atoms with Crippen molar-refractivity contribution in [3.8, 4) is 11.5 Å². The van der Waals surface area contributed by atoms with E-state index in [1.165, 1.54) is 14.2 Å². The fourth-order valence-electron chi connectivity index (χ4n) is 2.65. The predicted molar refractivity (Wildman–Crippen MR) is 106 cm³/mol. The van der Waals surface area contributed by atoms with Gasteiger partial charge >= 0.3 is 0 Å². The third-order valence-electron chi connectivity index (χ3n) is 4.21. The molecule has 1 heterocycles. The van der Waals surface area contributed by atoms with Crippen LogP contribution in [0.3, 0.4) is 0 Å². The zero-order valence-corrected chi connectivity index (χ0v) is 17.1. The number of benzene rings is 1. The van der Waals surface area contributed by atoms with E-state index in [2.05, 4.69) is 5.32 Å². The monoisotopic (exact) mass is 390 g/mol. The number of nitrogens with one attached hydrogen (secondary N) is 1. The summed E-state index contributed by atoms with van der Waals surface area (Å²) in [4.78, 5) is 27.3. The molecule has 1 aromatic heterocycles. The largest absolute Gasteiger partial charge is 0.497 e. The molecule has 0 aliphatic rings. The number of ether oxygens (including phenoxy) is 2. The molecule has 7 heteroatoms. The molecule has 2 rings (SSSR count). The van der Waals surface area contributed by atoms with Gasteiger partial charge in [0.05, 0.1) is 14.2 Å². The van der Waals surface area contributed by atoms with Crippen LogP contribution in [-0.4, -0.2) is 44.0 Å². The quantitative estimate of drug-likeness (QED) is 0.752. The molecule has 1 atom stereocenters. The molecule has 0 aliphatic heterocycles. The molecule has 1 N–H and O–H groups in total. The van der Waals surface area contributed by atoms with Crippen molar-refractivity contribution in [3.05, 3.63) is 46.2 Å². The summed E-state index contributed by atoms with van der Waals surface area (Å²) in [6.07, 6.45) is 0. The highest BCUT2D eigenvalue weighted by molar-refractivity contribution is 7.07. The van der Waals surface area contributed by atoms with Gasteiger partial charge in [-0.1, -0.05) is 13.8 Å². The summed E-state index contributed by atoms with van der Waals surface area (Å²) in [7, 11) is 4.79. The Labute approximate surface area is 164 Å². The van der Waals surface area contributed by atoms with E-state index in [9.17, 15) is 9.59 Å². The van der Waals surface area contributed by atoms with Crippen LogP contribution in [0.1, 0.15) is 29.8 Å². The van der Waals surface area contributed by atoms with Gasteiger partial charge in [-0.15, -0.1) is 0 Å². The number of hydrogen-bond donors (Lipinski definition) is 1. The Morgan fingerprint density at radius 3 is 2.26 bits per heavy atom. The minimum atomic E-state index is -0.627. The number of carbonyl (C=O) groups is 2. The first-order chi connectivity index (χ1) is 12.8. The lowest BCUT2D eigenvalue weighted by Gasteiger charge is -2.27. The zero-order chi connectivity index (χ0) is 20.0. The van der Waals surface area contributed by atoms with Crippen LogP contribution in [0.4, 0.5) is 0 Å². The Balaban J connectivity index is 2.15. The van der Waals surface area contributed by atoms with Crippen LogP contribution in [-0.2, 0) is 11.3 Å².